The van der Waals surface area contributed by atoms with E-state index in [4.69, 9.17) is 21.3 Å². The summed E-state index contributed by atoms with van der Waals surface area (Å²) in [5.41, 5.74) is 2.15. The first kappa shape index (κ1) is 18.0. The van der Waals surface area contributed by atoms with Crippen molar-refractivity contribution >= 4 is 22.8 Å². The van der Waals surface area contributed by atoms with Gasteiger partial charge in [-0.25, -0.2) is 15.0 Å². The molecular weight excluding hydrogens is 362 g/mol. The van der Waals surface area contributed by atoms with Crippen LogP contribution in [0.25, 0.3) is 22.7 Å². The number of halogens is 1. The predicted octanol–water partition coefficient (Wildman–Crippen LogP) is 4.72. The minimum atomic E-state index is -0.117. The largest absolute Gasteiger partial charge is 0.359 e. The Labute approximate surface area is 163 Å². The van der Waals surface area contributed by atoms with Crippen LogP contribution in [0.4, 0.5) is 0 Å². The first-order valence-corrected chi connectivity index (χ1v) is 9.85. The zero-order chi connectivity index (χ0) is 18.6. The molecule has 0 spiro atoms. The smallest absolute Gasteiger partial charge is 0.208 e. The highest BCUT2D eigenvalue weighted by Crippen LogP contribution is 2.33. The van der Waals surface area contributed by atoms with Gasteiger partial charge in [0.05, 0.1) is 5.69 Å². The molecule has 0 saturated carbocycles. The van der Waals surface area contributed by atoms with E-state index in [1.807, 2.05) is 22.9 Å². The van der Waals surface area contributed by atoms with Crippen molar-refractivity contribution in [1.29, 1.82) is 0 Å². The first-order chi connectivity index (χ1) is 13.3. The van der Waals surface area contributed by atoms with Crippen molar-refractivity contribution in [3.05, 3.63) is 29.3 Å². The number of hydrogen-bond donors (Lipinski definition) is 1. The average molecular weight is 384 g/mol. The standard InChI is InChI=1S/C20H22ClN5O/c1-2-3-4-5-10-15-23-18(21)17-20(24-15)26(16-11-6-7-13-27-16)19(25-17)14-9-8-12-22-14/h8-9,12,16,22H,2-4,6-7,11,13H2,1H3. The summed E-state index contributed by atoms with van der Waals surface area (Å²) in [6.45, 7) is 2.88. The predicted molar refractivity (Wildman–Crippen MR) is 105 cm³/mol. The Kier molecular flexibility index (Phi) is 5.42. The van der Waals surface area contributed by atoms with Crippen LogP contribution in [0.5, 0.6) is 0 Å². The highest BCUT2D eigenvalue weighted by atomic mass is 35.5. The van der Waals surface area contributed by atoms with Gasteiger partial charge < -0.3 is 9.72 Å². The van der Waals surface area contributed by atoms with Gasteiger partial charge in [0.15, 0.2) is 16.6 Å². The van der Waals surface area contributed by atoms with Gasteiger partial charge in [-0.15, -0.1) is 0 Å². The third kappa shape index (κ3) is 3.71. The van der Waals surface area contributed by atoms with E-state index in [2.05, 4.69) is 33.7 Å². The van der Waals surface area contributed by atoms with Crippen LogP contribution in [0.15, 0.2) is 18.3 Å². The molecule has 1 fully saturated rings. The third-order valence-electron chi connectivity index (χ3n) is 4.64. The second kappa shape index (κ2) is 8.12. The van der Waals surface area contributed by atoms with E-state index >= 15 is 0 Å². The van der Waals surface area contributed by atoms with Crippen LogP contribution in [0.3, 0.4) is 0 Å². The number of aromatic nitrogens is 5. The van der Waals surface area contributed by atoms with Gasteiger partial charge in [0.2, 0.25) is 5.82 Å². The second-order valence-corrected chi connectivity index (χ2v) is 6.98. The maximum atomic E-state index is 6.44. The Hall–Kier alpha value is -2.36. The van der Waals surface area contributed by atoms with Crippen LogP contribution in [-0.2, 0) is 4.74 Å². The number of ether oxygens (including phenoxy) is 1. The van der Waals surface area contributed by atoms with Gasteiger partial charge in [0, 0.05) is 19.2 Å². The zero-order valence-corrected chi connectivity index (χ0v) is 16.1. The van der Waals surface area contributed by atoms with E-state index in [1.165, 1.54) is 0 Å². The van der Waals surface area contributed by atoms with E-state index in [0.29, 0.717) is 22.1 Å². The van der Waals surface area contributed by atoms with Gasteiger partial charge in [-0.3, -0.25) is 4.57 Å². The Morgan fingerprint density at radius 2 is 2.26 bits per heavy atom. The van der Waals surface area contributed by atoms with Crippen LogP contribution in [-0.4, -0.2) is 31.1 Å². The number of unbranched alkanes of at least 4 members (excludes halogenated alkanes) is 2. The Morgan fingerprint density at radius 1 is 1.33 bits per heavy atom. The summed E-state index contributed by atoms with van der Waals surface area (Å²) in [5, 5.41) is 0.321. The summed E-state index contributed by atoms with van der Waals surface area (Å²) in [7, 11) is 0. The third-order valence-corrected chi connectivity index (χ3v) is 4.90. The van der Waals surface area contributed by atoms with Crippen LogP contribution in [0, 0.1) is 11.8 Å². The van der Waals surface area contributed by atoms with Crippen LogP contribution < -0.4 is 0 Å². The van der Waals surface area contributed by atoms with Gasteiger partial charge in [0.25, 0.3) is 0 Å². The van der Waals surface area contributed by atoms with Crippen molar-refractivity contribution < 1.29 is 4.74 Å². The zero-order valence-electron chi connectivity index (χ0n) is 15.3. The number of H-pyrrole nitrogens is 1. The van der Waals surface area contributed by atoms with Crippen molar-refractivity contribution in [2.24, 2.45) is 0 Å². The molecule has 1 aliphatic heterocycles. The Morgan fingerprint density at radius 3 is 3.00 bits per heavy atom. The van der Waals surface area contributed by atoms with Crippen LogP contribution in [0.2, 0.25) is 5.15 Å². The quantitative estimate of drug-likeness (QED) is 0.402. The molecule has 1 saturated heterocycles. The fraction of sp³-hybridized carbons (Fsp3) is 0.450. The fourth-order valence-electron chi connectivity index (χ4n) is 3.26. The van der Waals surface area contributed by atoms with Crippen molar-refractivity contribution in [2.75, 3.05) is 6.61 Å². The number of nitrogens with one attached hydrogen (secondary N) is 1. The number of hydrogen-bond acceptors (Lipinski definition) is 4. The number of imidazole rings is 1. The molecule has 0 amide bonds. The van der Waals surface area contributed by atoms with E-state index in [1.54, 1.807) is 0 Å². The Balaban J connectivity index is 1.84. The van der Waals surface area contributed by atoms with Crippen molar-refractivity contribution in [2.45, 2.75) is 51.7 Å². The molecule has 1 unspecified atom stereocenters. The van der Waals surface area contributed by atoms with Gasteiger partial charge in [-0.1, -0.05) is 30.9 Å². The van der Waals surface area contributed by atoms with Crippen molar-refractivity contribution in [1.82, 2.24) is 24.5 Å². The first-order valence-electron chi connectivity index (χ1n) is 9.47. The summed E-state index contributed by atoms with van der Waals surface area (Å²) in [6, 6.07) is 3.92. The number of nitrogens with zero attached hydrogens (tertiary/aromatic N) is 4. The van der Waals surface area contributed by atoms with E-state index < -0.39 is 0 Å². The number of rotatable bonds is 4. The summed E-state index contributed by atoms with van der Waals surface area (Å²) in [6.07, 6.45) is 7.86. The average Bonchev–Trinajstić information content (AvgIpc) is 3.34. The molecule has 3 aromatic heterocycles. The molecule has 6 nitrogen and oxygen atoms in total. The summed E-state index contributed by atoms with van der Waals surface area (Å²) < 4.78 is 8.06. The minimum absolute atomic E-state index is 0.117. The molecule has 0 aromatic carbocycles. The molecule has 4 heterocycles. The SMILES string of the molecule is CCCCC#Cc1nc(Cl)c2nc(-c3ccc[nH]3)n(C3CCCCO3)c2n1. The fourth-order valence-corrected chi connectivity index (χ4v) is 3.47. The van der Waals surface area contributed by atoms with Crippen molar-refractivity contribution in [3.8, 4) is 23.4 Å². The second-order valence-electron chi connectivity index (χ2n) is 6.63. The summed E-state index contributed by atoms with van der Waals surface area (Å²) in [5.74, 6) is 7.36. The molecule has 0 bridgehead atoms. The van der Waals surface area contributed by atoms with Crippen LogP contribution in [0.1, 0.15) is 57.5 Å². The summed E-state index contributed by atoms with van der Waals surface area (Å²) >= 11 is 6.44. The highest BCUT2D eigenvalue weighted by molar-refractivity contribution is 6.33. The highest BCUT2D eigenvalue weighted by Gasteiger charge is 2.26. The maximum absolute atomic E-state index is 6.44. The molecular formula is C20H22ClN5O. The molecule has 0 radical (unpaired) electrons. The van der Waals surface area contributed by atoms with Crippen molar-refractivity contribution in [3.63, 3.8) is 0 Å². The molecule has 4 rings (SSSR count). The number of fused-ring (bicyclic) bond motifs is 1. The maximum Gasteiger partial charge on any atom is 0.208 e. The molecule has 140 valence electrons. The molecule has 3 aromatic rings. The van der Waals surface area contributed by atoms with Crippen LogP contribution >= 0.6 is 11.6 Å². The molecule has 27 heavy (non-hydrogen) atoms. The molecule has 1 atom stereocenters. The molecule has 0 aliphatic carbocycles. The Bertz CT molecular complexity index is 977. The lowest BCUT2D eigenvalue weighted by Gasteiger charge is -2.25. The minimum Gasteiger partial charge on any atom is -0.359 e. The van der Waals surface area contributed by atoms with E-state index in [9.17, 15) is 0 Å². The number of aromatic amines is 1. The molecule has 1 aliphatic rings. The van der Waals surface area contributed by atoms with Gasteiger partial charge in [-0.05, 0) is 43.7 Å². The monoisotopic (exact) mass is 383 g/mol. The lowest BCUT2D eigenvalue weighted by molar-refractivity contribution is -0.0288. The topological polar surface area (TPSA) is 68.6 Å². The van der Waals surface area contributed by atoms with Gasteiger partial charge in [-0.2, -0.15) is 0 Å². The molecule has 1 N–H and O–H groups in total. The van der Waals surface area contributed by atoms with E-state index in [0.717, 1.165) is 56.7 Å². The normalized spacial score (nSPS) is 17.0. The lowest BCUT2D eigenvalue weighted by atomic mass is 10.2. The summed E-state index contributed by atoms with van der Waals surface area (Å²) in [4.78, 5) is 17.0. The lowest BCUT2D eigenvalue weighted by Crippen LogP contribution is -2.19. The van der Waals surface area contributed by atoms with Gasteiger partial charge >= 0.3 is 0 Å². The molecule has 7 heteroatoms. The van der Waals surface area contributed by atoms with Gasteiger partial charge in [0.1, 0.15) is 11.7 Å². The van der Waals surface area contributed by atoms with E-state index in [-0.39, 0.29) is 6.23 Å².